The van der Waals surface area contributed by atoms with Crippen LogP contribution in [-0.4, -0.2) is 38.6 Å². The van der Waals surface area contributed by atoms with Gasteiger partial charge in [0.05, 0.1) is 12.2 Å². The molecule has 9 heteroatoms. The highest BCUT2D eigenvalue weighted by atomic mass is 35.5. The van der Waals surface area contributed by atoms with Crippen LogP contribution < -0.4 is 15.6 Å². The minimum absolute atomic E-state index is 0.130. The van der Waals surface area contributed by atoms with Gasteiger partial charge in [-0.15, -0.1) is 5.10 Å². The molecule has 0 aliphatic heterocycles. The largest absolute Gasteiger partial charge is 0.484 e. The fourth-order valence-electron chi connectivity index (χ4n) is 2.78. The Bertz CT molecular complexity index is 1090. The second-order valence-electron chi connectivity index (χ2n) is 6.64. The van der Waals surface area contributed by atoms with Gasteiger partial charge in [0.25, 0.3) is 11.5 Å². The van der Waals surface area contributed by atoms with Crippen molar-refractivity contribution in [3.05, 3.63) is 68.7 Å². The van der Waals surface area contributed by atoms with Crippen LogP contribution in [0, 0.1) is 20.8 Å². The molecule has 0 bridgehead atoms. The summed E-state index contributed by atoms with van der Waals surface area (Å²) >= 11 is 5.97. The van der Waals surface area contributed by atoms with Crippen LogP contribution in [-0.2, 0) is 11.3 Å². The van der Waals surface area contributed by atoms with E-state index < -0.39 is 0 Å². The Labute approximate surface area is 173 Å². The van der Waals surface area contributed by atoms with E-state index in [0.717, 1.165) is 17.0 Å². The fraction of sp³-hybridized carbons (Fsp3) is 0.300. The van der Waals surface area contributed by atoms with Gasteiger partial charge in [-0.05, 0) is 56.7 Å². The Morgan fingerprint density at radius 3 is 2.62 bits per heavy atom. The van der Waals surface area contributed by atoms with Gasteiger partial charge in [-0.1, -0.05) is 11.6 Å². The van der Waals surface area contributed by atoms with Gasteiger partial charge in [0.15, 0.2) is 12.4 Å². The Morgan fingerprint density at radius 2 is 1.93 bits per heavy atom. The summed E-state index contributed by atoms with van der Waals surface area (Å²) in [6.45, 7) is 6.02. The lowest BCUT2D eigenvalue weighted by Gasteiger charge is -2.10. The second-order valence-corrected chi connectivity index (χ2v) is 7.05. The summed E-state index contributed by atoms with van der Waals surface area (Å²) in [5.41, 5.74) is 2.41. The van der Waals surface area contributed by atoms with E-state index in [1.54, 1.807) is 28.9 Å². The van der Waals surface area contributed by atoms with E-state index in [-0.39, 0.29) is 31.2 Å². The van der Waals surface area contributed by atoms with Crippen molar-refractivity contribution in [2.45, 2.75) is 27.3 Å². The number of nitrogens with one attached hydrogen (secondary N) is 1. The molecule has 0 atom stereocenters. The lowest BCUT2D eigenvalue weighted by atomic mass is 10.2. The number of carbonyl (C=O) groups is 1. The van der Waals surface area contributed by atoms with Gasteiger partial charge >= 0.3 is 0 Å². The summed E-state index contributed by atoms with van der Waals surface area (Å²) in [4.78, 5) is 24.1. The summed E-state index contributed by atoms with van der Waals surface area (Å²) in [7, 11) is 0. The topological polar surface area (TPSA) is 91.0 Å². The van der Waals surface area contributed by atoms with Crippen LogP contribution in [0.5, 0.6) is 5.75 Å². The molecule has 1 N–H and O–H groups in total. The van der Waals surface area contributed by atoms with Crippen molar-refractivity contribution in [2.24, 2.45) is 0 Å². The average molecular weight is 416 g/mol. The molecule has 2 aromatic heterocycles. The molecule has 3 rings (SSSR count). The van der Waals surface area contributed by atoms with E-state index in [1.165, 1.54) is 10.7 Å². The third-order valence-electron chi connectivity index (χ3n) is 4.22. The molecule has 1 amide bonds. The first kappa shape index (κ1) is 20.6. The minimum atomic E-state index is -0.291. The standard InChI is InChI=1S/C20H22ClN5O3/c1-13-10-16(4-5-17(13)21)29-12-19(27)22-8-9-25-20(28)7-6-18(24-25)26-15(3)11-14(2)23-26/h4-7,10-11H,8-9,12H2,1-3H3,(H,22,27). The van der Waals surface area contributed by atoms with E-state index in [4.69, 9.17) is 16.3 Å². The molecular formula is C20H22ClN5O3. The first-order valence-corrected chi connectivity index (χ1v) is 9.49. The molecule has 152 valence electrons. The first-order valence-electron chi connectivity index (χ1n) is 9.11. The maximum Gasteiger partial charge on any atom is 0.266 e. The number of hydrogen-bond donors (Lipinski definition) is 1. The number of rotatable bonds is 7. The van der Waals surface area contributed by atoms with Gasteiger partial charge in [0.1, 0.15) is 5.75 Å². The third kappa shape index (κ3) is 5.23. The lowest BCUT2D eigenvalue weighted by Crippen LogP contribution is -2.34. The number of nitrogens with zero attached hydrogens (tertiary/aromatic N) is 4. The molecule has 0 saturated carbocycles. The van der Waals surface area contributed by atoms with E-state index in [0.29, 0.717) is 16.6 Å². The molecule has 0 aliphatic carbocycles. The molecule has 0 fully saturated rings. The zero-order valence-corrected chi connectivity index (χ0v) is 17.2. The Balaban J connectivity index is 1.55. The Kier molecular flexibility index (Phi) is 6.33. The Morgan fingerprint density at radius 1 is 1.14 bits per heavy atom. The first-order chi connectivity index (χ1) is 13.8. The van der Waals surface area contributed by atoms with Crippen LogP contribution in [0.4, 0.5) is 0 Å². The summed E-state index contributed by atoms with van der Waals surface area (Å²) in [6, 6.07) is 10.2. The van der Waals surface area contributed by atoms with Crippen LogP contribution >= 0.6 is 11.6 Å². The second kappa shape index (κ2) is 8.91. The van der Waals surface area contributed by atoms with Crippen LogP contribution in [0.15, 0.2) is 41.2 Å². The molecule has 0 aliphatic rings. The predicted octanol–water partition coefficient (Wildman–Crippen LogP) is 2.20. The number of aromatic nitrogens is 4. The van der Waals surface area contributed by atoms with Gasteiger partial charge in [0.2, 0.25) is 0 Å². The van der Waals surface area contributed by atoms with E-state index in [2.05, 4.69) is 15.5 Å². The number of halogens is 1. The molecule has 2 heterocycles. The molecular weight excluding hydrogens is 394 g/mol. The van der Waals surface area contributed by atoms with E-state index in [9.17, 15) is 9.59 Å². The highest BCUT2D eigenvalue weighted by Crippen LogP contribution is 2.20. The SMILES string of the molecule is Cc1cc(C)n(-c2ccc(=O)n(CCNC(=O)COc3ccc(Cl)c(C)c3)n2)n1. The number of hydrogen-bond acceptors (Lipinski definition) is 5. The molecule has 1 aromatic carbocycles. The normalized spacial score (nSPS) is 10.8. The molecule has 0 unspecified atom stereocenters. The van der Waals surface area contributed by atoms with Gasteiger partial charge in [-0.2, -0.15) is 5.10 Å². The van der Waals surface area contributed by atoms with Gasteiger partial charge in [0, 0.05) is 23.3 Å². The lowest BCUT2D eigenvalue weighted by molar-refractivity contribution is -0.123. The van der Waals surface area contributed by atoms with Gasteiger partial charge in [-0.25, -0.2) is 9.36 Å². The molecule has 0 spiro atoms. The Hall–Kier alpha value is -3.13. The molecule has 3 aromatic rings. The fourth-order valence-corrected chi connectivity index (χ4v) is 2.90. The predicted molar refractivity (Wildman–Crippen MR) is 110 cm³/mol. The van der Waals surface area contributed by atoms with Crippen molar-refractivity contribution in [1.82, 2.24) is 24.9 Å². The summed E-state index contributed by atoms with van der Waals surface area (Å²) < 4.78 is 8.43. The van der Waals surface area contributed by atoms with Crippen molar-refractivity contribution in [3.8, 4) is 11.6 Å². The van der Waals surface area contributed by atoms with Crippen molar-refractivity contribution in [2.75, 3.05) is 13.2 Å². The number of aryl methyl sites for hydroxylation is 3. The van der Waals surface area contributed by atoms with E-state index in [1.807, 2.05) is 26.8 Å². The van der Waals surface area contributed by atoms with Crippen molar-refractivity contribution in [3.63, 3.8) is 0 Å². The quantitative estimate of drug-likeness (QED) is 0.638. The number of carbonyl (C=O) groups excluding carboxylic acids is 1. The van der Waals surface area contributed by atoms with Crippen LogP contribution in [0.1, 0.15) is 17.0 Å². The highest BCUT2D eigenvalue weighted by Gasteiger charge is 2.08. The van der Waals surface area contributed by atoms with Crippen LogP contribution in [0.3, 0.4) is 0 Å². The molecule has 8 nitrogen and oxygen atoms in total. The maximum atomic E-state index is 12.1. The van der Waals surface area contributed by atoms with Gasteiger partial charge < -0.3 is 10.1 Å². The van der Waals surface area contributed by atoms with Crippen molar-refractivity contribution >= 4 is 17.5 Å². The highest BCUT2D eigenvalue weighted by molar-refractivity contribution is 6.31. The summed E-state index contributed by atoms with van der Waals surface area (Å²) in [6.07, 6.45) is 0. The van der Waals surface area contributed by atoms with Crippen LogP contribution in [0.2, 0.25) is 5.02 Å². The third-order valence-corrected chi connectivity index (χ3v) is 4.65. The smallest absolute Gasteiger partial charge is 0.266 e. The minimum Gasteiger partial charge on any atom is -0.484 e. The zero-order valence-electron chi connectivity index (χ0n) is 16.5. The monoisotopic (exact) mass is 415 g/mol. The number of ether oxygens (including phenoxy) is 1. The zero-order chi connectivity index (χ0) is 21.0. The van der Waals surface area contributed by atoms with E-state index >= 15 is 0 Å². The van der Waals surface area contributed by atoms with Gasteiger partial charge in [-0.3, -0.25) is 9.59 Å². The average Bonchev–Trinajstić information content (AvgIpc) is 3.02. The maximum absolute atomic E-state index is 12.1. The summed E-state index contributed by atoms with van der Waals surface area (Å²) in [5.74, 6) is 0.820. The van der Waals surface area contributed by atoms with Crippen molar-refractivity contribution in [1.29, 1.82) is 0 Å². The summed E-state index contributed by atoms with van der Waals surface area (Å²) in [5, 5.41) is 12.1. The van der Waals surface area contributed by atoms with Crippen LogP contribution in [0.25, 0.3) is 5.82 Å². The number of benzene rings is 1. The molecule has 0 saturated heterocycles. The number of amides is 1. The molecule has 0 radical (unpaired) electrons. The van der Waals surface area contributed by atoms with Crippen molar-refractivity contribution < 1.29 is 9.53 Å². The molecule has 29 heavy (non-hydrogen) atoms.